The number of hydrogen-bond donors (Lipinski definition) is 1. The van der Waals surface area contributed by atoms with Crippen molar-refractivity contribution in [3.8, 4) is 0 Å². The Morgan fingerprint density at radius 2 is 1.74 bits per heavy atom. The number of esters is 2. The van der Waals surface area contributed by atoms with Crippen LogP contribution in [-0.2, 0) is 30.3 Å². The van der Waals surface area contributed by atoms with Gasteiger partial charge in [-0.25, -0.2) is 4.79 Å². The Morgan fingerprint density at radius 3 is 2.47 bits per heavy atom. The number of carbonyl (C=O) groups excluding carboxylic acids is 3. The summed E-state index contributed by atoms with van der Waals surface area (Å²) in [6, 6.07) is 8.35. The van der Waals surface area contributed by atoms with Crippen molar-refractivity contribution in [1.82, 2.24) is 10.2 Å². The Hall–Kier alpha value is -2.41. The van der Waals surface area contributed by atoms with Crippen molar-refractivity contribution in [1.29, 1.82) is 0 Å². The second kappa shape index (κ2) is 15.9. The molecule has 38 heavy (non-hydrogen) atoms. The van der Waals surface area contributed by atoms with Crippen molar-refractivity contribution in [2.45, 2.75) is 122 Å². The van der Waals surface area contributed by atoms with E-state index in [2.05, 4.69) is 12.2 Å². The molecule has 1 aromatic carbocycles. The average molecular weight is 529 g/mol. The van der Waals surface area contributed by atoms with Crippen molar-refractivity contribution >= 4 is 17.8 Å². The molecule has 5 atom stereocenters. The molecule has 212 valence electrons. The first kappa shape index (κ1) is 30.1. The zero-order valence-corrected chi connectivity index (χ0v) is 23.7. The Morgan fingerprint density at radius 1 is 1.00 bits per heavy atom. The van der Waals surface area contributed by atoms with E-state index in [9.17, 15) is 14.4 Å². The molecule has 0 radical (unpaired) electrons. The van der Waals surface area contributed by atoms with Gasteiger partial charge in [-0.1, -0.05) is 75.8 Å². The Balaban J connectivity index is 1.62. The molecule has 1 saturated heterocycles. The number of nitrogens with one attached hydrogen (secondary N) is 1. The normalized spacial score (nSPS) is 22.1. The maximum absolute atomic E-state index is 13.7. The molecular formula is C31H48N2O5. The third-order valence-electron chi connectivity index (χ3n) is 8.06. The predicted octanol–water partition coefficient (Wildman–Crippen LogP) is 5.20. The minimum absolute atomic E-state index is 0.0728. The van der Waals surface area contributed by atoms with Crippen LogP contribution in [0.5, 0.6) is 0 Å². The van der Waals surface area contributed by atoms with Crippen LogP contribution in [0.1, 0.15) is 97.0 Å². The number of fused-ring (bicyclic) bond motifs is 1. The Kier molecular flexibility index (Phi) is 12.6. The van der Waals surface area contributed by atoms with Gasteiger partial charge in [-0.3, -0.25) is 14.9 Å². The molecule has 1 aromatic rings. The molecule has 7 nitrogen and oxygen atoms in total. The first-order valence-electron chi connectivity index (χ1n) is 14.9. The number of hydrogen-bond acceptors (Lipinski definition) is 6. The number of likely N-dealkylation sites (tertiary alicyclic amines) is 1. The van der Waals surface area contributed by atoms with Gasteiger partial charge in [0.05, 0.1) is 19.3 Å². The Bertz CT molecular complexity index is 876. The van der Waals surface area contributed by atoms with Gasteiger partial charge in [0.25, 0.3) is 0 Å². The van der Waals surface area contributed by atoms with E-state index in [0.717, 1.165) is 44.1 Å². The molecule has 1 aliphatic carbocycles. The van der Waals surface area contributed by atoms with Crippen molar-refractivity contribution < 1.29 is 23.9 Å². The summed E-state index contributed by atoms with van der Waals surface area (Å²) in [4.78, 5) is 41.4. The lowest BCUT2D eigenvalue weighted by Gasteiger charge is -2.32. The summed E-state index contributed by atoms with van der Waals surface area (Å²) in [5, 5.41) is 3.29. The molecule has 0 bridgehead atoms. The van der Waals surface area contributed by atoms with Gasteiger partial charge in [-0.05, 0) is 63.9 Å². The van der Waals surface area contributed by atoms with Crippen LogP contribution in [0.25, 0.3) is 0 Å². The van der Waals surface area contributed by atoms with Crippen LogP contribution in [0.4, 0.5) is 0 Å². The number of rotatable bonds is 16. The first-order valence-corrected chi connectivity index (χ1v) is 14.9. The van der Waals surface area contributed by atoms with Crippen LogP contribution in [0.3, 0.4) is 0 Å². The molecular weight excluding hydrogens is 480 g/mol. The minimum Gasteiger partial charge on any atom is -0.465 e. The number of aryl methyl sites for hydroxylation is 1. The molecule has 1 saturated carbocycles. The third-order valence-corrected chi connectivity index (χ3v) is 8.06. The largest absolute Gasteiger partial charge is 0.465 e. The van der Waals surface area contributed by atoms with E-state index in [1.54, 1.807) is 18.7 Å². The standard InChI is InChI=1S/C31H48N2O5/c1-4-6-7-8-9-13-21-38-30(35)26(20-19-24-15-11-10-12-16-24)32-23(3)29(34)33-27-18-14-17-25(27)22-28(33)31(36)37-5-2/h10-12,15-16,23,25-28,32H,4-9,13-14,17-22H2,1-3H3/t23-,25-,26-,27-,28-/m0/s1. The van der Waals surface area contributed by atoms with Crippen LogP contribution in [0.15, 0.2) is 30.3 Å². The van der Waals surface area contributed by atoms with E-state index in [1.165, 1.54) is 19.3 Å². The molecule has 7 heteroatoms. The quantitative estimate of drug-likeness (QED) is 0.234. The second-order valence-corrected chi connectivity index (χ2v) is 10.9. The maximum Gasteiger partial charge on any atom is 0.328 e. The molecule has 2 aliphatic rings. The van der Waals surface area contributed by atoms with Crippen LogP contribution >= 0.6 is 0 Å². The maximum atomic E-state index is 13.7. The van der Waals surface area contributed by atoms with E-state index in [4.69, 9.17) is 9.47 Å². The lowest BCUT2D eigenvalue weighted by atomic mass is 10.0. The summed E-state index contributed by atoms with van der Waals surface area (Å²) in [5.41, 5.74) is 1.14. The lowest BCUT2D eigenvalue weighted by molar-refractivity contribution is -0.155. The minimum atomic E-state index is -0.617. The fraction of sp³-hybridized carbons (Fsp3) is 0.710. The Labute approximate surface area is 229 Å². The van der Waals surface area contributed by atoms with Gasteiger partial charge in [0.1, 0.15) is 12.1 Å². The van der Waals surface area contributed by atoms with E-state index in [0.29, 0.717) is 38.4 Å². The molecule has 1 N–H and O–H groups in total. The number of carbonyl (C=O) groups is 3. The molecule has 0 spiro atoms. The van der Waals surface area contributed by atoms with Gasteiger partial charge in [0.2, 0.25) is 5.91 Å². The molecule has 1 heterocycles. The summed E-state index contributed by atoms with van der Waals surface area (Å²) in [6.45, 7) is 6.48. The zero-order valence-electron chi connectivity index (χ0n) is 23.7. The van der Waals surface area contributed by atoms with E-state index in [1.807, 2.05) is 30.3 Å². The monoisotopic (exact) mass is 528 g/mol. The number of nitrogens with zero attached hydrogens (tertiary/aromatic N) is 1. The smallest absolute Gasteiger partial charge is 0.328 e. The van der Waals surface area contributed by atoms with Crippen molar-refractivity contribution in [3.05, 3.63) is 35.9 Å². The van der Waals surface area contributed by atoms with E-state index < -0.39 is 18.1 Å². The van der Waals surface area contributed by atoms with Gasteiger partial charge in [0, 0.05) is 6.04 Å². The first-order chi connectivity index (χ1) is 18.5. The summed E-state index contributed by atoms with van der Waals surface area (Å²) in [5.74, 6) is -0.416. The highest BCUT2D eigenvalue weighted by molar-refractivity contribution is 5.89. The molecule has 1 aliphatic heterocycles. The third kappa shape index (κ3) is 8.55. The van der Waals surface area contributed by atoms with Gasteiger partial charge in [-0.2, -0.15) is 0 Å². The highest BCUT2D eigenvalue weighted by atomic mass is 16.5. The molecule has 0 unspecified atom stereocenters. The molecule has 2 fully saturated rings. The summed E-state index contributed by atoms with van der Waals surface area (Å²) >= 11 is 0. The summed E-state index contributed by atoms with van der Waals surface area (Å²) < 4.78 is 11.0. The molecule has 1 amide bonds. The van der Waals surface area contributed by atoms with Gasteiger partial charge >= 0.3 is 11.9 Å². The average Bonchev–Trinajstić information content (AvgIpc) is 3.52. The fourth-order valence-corrected chi connectivity index (χ4v) is 6.03. The number of amides is 1. The predicted molar refractivity (Wildman–Crippen MR) is 148 cm³/mol. The van der Waals surface area contributed by atoms with Crippen LogP contribution < -0.4 is 5.32 Å². The molecule has 0 aromatic heterocycles. The highest BCUT2D eigenvalue weighted by Gasteiger charge is 2.50. The number of benzene rings is 1. The number of ether oxygens (including phenoxy) is 2. The van der Waals surface area contributed by atoms with Crippen LogP contribution in [-0.4, -0.2) is 60.1 Å². The fourth-order valence-electron chi connectivity index (χ4n) is 6.03. The van der Waals surface area contributed by atoms with Gasteiger partial charge in [0.15, 0.2) is 0 Å². The second-order valence-electron chi connectivity index (χ2n) is 10.9. The molecule has 3 rings (SSSR count). The van der Waals surface area contributed by atoms with Crippen molar-refractivity contribution in [2.24, 2.45) is 5.92 Å². The zero-order chi connectivity index (χ0) is 27.3. The van der Waals surface area contributed by atoms with Gasteiger partial charge < -0.3 is 14.4 Å². The number of unbranched alkanes of at least 4 members (excludes halogenated alkanes) is 5. The van der Waals surface area contributed by atoms with Crippen LogP contribution in [0, 0.1) is 5.92 Å². The van der Waals surface area contributed by atoms with Crippen LogP contribution in [0.2, 0.25) is 0 Å². The van der Waals surface area contributed by atoms with E-state index in [-0.39, 0.29) is 23.9 Å². The highest BCUT2D eigenvalue weighted by Crippen LogP contribution is 2.42. The summed E-state index contributed by atoms with van der Waals surface area (Å²) in [6.07, 6.45) is 11.7. The van der Waals surface area contributed by atoms with Crippen molar-refractivity contribution in [2.75, 3.05) is 13.2 Å². The summed E-state index contributed by atoms with van der Waals surface area (Å²) in [7, 11) is 0. The SMILES string of the molecule is CCCCCCCCOC(=O)[C@H](CCc1ccccc1)N[C@@H](C)C(=O)N1[C@H](C(=O)OCC)C[C@@H]2CCC[C@@H]21. The topological polar surface area (TPSA) is 84.9 Å². The van der Waals surface area contributed by atoms with Crippen molar-refractivity contribution in [3.63, 3.8) is 0 Å². The van der Waals surface area contributed by atoms with Gasteiger partial charge in [-0.15, -0.1) is 0 Å². The van der Waals surface area contributed by atoms with E-state index >= 15 is 0 Å². The lowest BCUT2D eigenvalue weighted by Crippen LogP contribution is -2.55.